The van der Waals surface area contributed by atoms with Crippen LogP contribution in [0.4, 0.5) is 4.79 Å². The minimum absolute atomic E-state index is 0.198. The molecule has 13 heteroatoms. The lowest BCUT2D eigenvalue weighted by atomic mass is 10.0. The minimum Gasteiger partial charge on any atom is -0.488 e. The first kappa shape index (κ1) is 40.2. The molecule has 0 saturated heterocycles. The maximum absolute atomic E-state index is 14.8. The van der Waals surface area contributed by atoms with E-state index in [4.69, 9.17) is 14.2 Å². The molecule has 0 saturated carbocycles. The Morgan fingerprint density at radius 1 is 0.923 bits per heavy atom. The van der Waals surface area contributed by atoms with E-state index in [2.05, 4.69) is 32.5 Å². The monoisotopic (exact) mass is 732 g/mol. The number of rotatable bonds is 18. The molecule has 2 aromatic carbocycles. The Labute approximate surface area is 310 Å². The highest BCUT2D eigenvalue weighted by atomic mass is 32.1. The molecule has 3 N–H and O–H groups in total. The van der Waals surface area contributed by atoms with Crippen LogP contribution in [0.1, 0.15) is 58.2 Å². The topological polar surface area (TPSA) is 134 Å². The summed E-state index contributed by atoms with van der Waals surface area (Å²) in [6.45, 7) is 12.8. The molecule has 0 spiro atoms. The van der Waals surface area contributed by atoms with Gasteiger partial charge in [0.2, 0.25) is 11.8 Å². The fraction of sp³-hybridized carbons (Fsp3) is 0.436. The van der Waals surface area contributed by atoms with Crippen molar-refractivity contribution in [2.45, 2.75) is 85.0 Å². The number of carbonyl (C=O) groups is 3. The Kier molecular flexibility index (Phi) is 14.9. The Morgan fingerprint density at radius 3 is 2.25 bits per heavy atom. The molecule has 2 unspecified atom stereocenters. The van der Waals surface area contributed by atoms with Crippen molar-refractivity contribution in [1.29, 1.82) is 0 Å². The molecule has 2 aromatic heterocycles. The van der Waals surface area contributed by atoms with Crippen LogP contribution in [0.2, 0.25) is 0 Å². The number of likely N-dealkylation sites (N-methyl/N-ethyl adjacent to an activating group) is 1. The SMILES string of the molecule is CCOC(OCC)C(C)N(Cc1csc2ccccc12)C(=O)C(Cc1ccc(OC(C)(C)C)cc1)NC(=O)CN(C)NC(=O)NCc1ccncc1. The van der Waals surface area contributed by atoms with Crippen molar-refractivity contribution in [3.63, 3.8) is 0 Å². The second-order valence-corrected chi connectivity index (χ2v) is 14.3. The fourth-order valence-electron chi connectivity index (χ4n) is 5.64. The Hall–Kier alpha value is -4.56. The van der Waals surface area contributed by atoms with E-state index in [1.54, 1.807) is 47.8 Å². The van der Waals surface area contributed by atoms with Crippen LogP contribution in [-0.4, -0.2) is 83.5 Å². The van der Waals surface area contributed by atoms with Crippen molar-refractivity contribution < 1.29 is 28.6 Å². The molecule has 4 rings (SSSR count). The maximum atomic E-state index is 14.8. The molecular formula is C39H52N6O6S. The Morgan fingerprint density at radius 2 is 1.60 bits per heavy atom. The van der Waals surface area contributed by atoms with Gasteiger partial charge in [-0.05, 0) is 99.3 Å². The summed E-state index contributed by atoms with van der Waals surface area (Å²) < 4.78 is 19.1. The zero-order valence-electron chi connectivity index (χ0n) is 31.2. The van der Waals surface area contributed by atoms with Gasteiger partial charge in [-0.15, -0.1) is 11.3 Å². The van der Waals surface area contributed by atoms with E-state index in [1.807, 2.05) is 84.0 Å². The molecular weight excluding hydrogens is 681 g/mol. The predicted molar refractivity (Wildman–Crippen MR) is 204 cm³/mol. The first-order chi connectivity index (χ1) is 24.9. The minimum atomic E-state index is -0.952. The van der Waals surface area contributed by atoms with Crippen molar-refractivity contribution in [3.05, 3.63) is 95.1 Å². The van der Waals surface area contributed by atoms with Gasteiger partial charge in [0.15, 0.2) is 6.29 Å². The molecule has 0 aliphatic rings. The van der Waals surface area contributed by atoms with Gasteiger partial charge in [0.1, 0.15) is 17.4 Å². The van der Waals surface area contributed by atoms with Gasteiger partial charge in [-0.25, -0.2) is 9.80 Å². The summed E-state index contributed by atoms with van der Waals surface area (Å²) in [5.74, 6) is -0.0297. The third-order valence-corrected chi connectivity index (χ3v) is 9.04. The number of ether oxygens (including phenoxy) is 3. The molecule has 4 aromatic rings. The number of benzene rings is 2. The van der Waals surface area contributed by atoms with Crippen LogP contribution >= 0.6 is 11.3 Å². The number of hydrogen-bond acceptors (Lipinski definition) is 9. The standard InChI is InChI=1S/C39H52N6O6S/c1-8-49-37(50-9-2)27(3)45(24-30-26-52-34-13-11-10-12-32(30)34)36(47)33(22-28-14-16-31(17-15-28)51-39(4,5)6)42-35(46)25-44(7)43-38(48)41-23-29-18-20-40-21-19-29/h10-21,26-27,33,37H,8-9,22-25H2,1-7H3,(H,42,46)(H2,41,43,48). The highest BCUT2D eigenvalue weighted by Gasteiger charge is 2.34. The van der Waals surface area contributed by atoms with E-state index >= 15 is 0 Å². The average Bonchev–Trinajstić information content (AvgIpc) is 3.52. The van der Waals surface area contributed by atoms with Crippen LogP contribution in [0.15, 0.2) is 78.4 Å². The second-order valence-electron chi connectivity index (χ2n) is 13.4. The molecule has 280 valence electrons. The van der Waals surface area contributed by atoms with Gasteiger partial charge >= 0.3 is 6.03 Å². The van der Waals surface area contributed by atoms with Crippen LogP contribution in [-0.2, 0) is 38.6 Å². The maximum Gasteiger partial charge on any atom is 0.329 e. The molecule has 2 atom stereocenters. The van der Waals surface area contributed by atoms with E-state index in [9.17, 15) is 14.4 Å². The van der Waals surface area contributed by atoms with Crippen LogP contribution in [0.25, 0.3) is 10.1 Å². The summed E-state index contributed by atoms with van der Waals surface area (Å²) in [4.78, 5) is 46.7. The van der Waals surface area contributed by atoms with E-state index < -0.39 is 30.3 Å². The zero-order chi connectivity index (χ0) is 37.7. The highest BCUT2D eigenvalue weighted by Crippen LogP contribution is 2.28. The molecule has 2 heterocycles. The number of aromatic nitrogens is 1. The van der Waals surface area contributed by atoms with Crippen molar-refractivity contribution in [1.82, 2.24) is 31.0 Å². The number of amides is 4. The number of carbonyl (C=O) groups excluding carboxylic acids is 3. The van der Waals surface area contributed by atoms with Crippen molar-refractivity contribution in [2.24, 2.45) is 0 Å². The molecule has 0 aliphatic heterocycles. The normalized spacial score (nSPS) is 12.8. The van der Waals surface area contributed by atoms with Crippen LogP contribution in [0, 0.1) is 0 Å². The first-order valence-electron chi connectivity index (χ1n) is 17.6. The molecule has 12 nitrogen and oxygen atoms in total. The number of fused-ring (bicyclic) bond motifs is 1. The number of hydrazine groups is 1. The molecule has 0 radical (unpaired) electrons. The average molecular weight is 733 g/mol. The van der Waals surface area contributed by atoms with Crippen LogP contribution in [0.3, 0.4) is 0 Å². The molecule has 4 amide bonds. The van der Waals surface area contributed by atoms with Gasteiger partial charge in [0, 0.05) is 56.9 Å². The number of thiophene rings is 1. The molecule has 0 fully saturated rings. The van der Waals surface area contributed by atoms with Gasteiger partial charge < -0.3 is 29.7 Å². The smallest absolute Gasteiger partial charge is 0.329 e. The lowest BCUT2D eigenvalue weighted by Gasteiger charge is -2.36. The summed E-state index contributed by atoms with van der Waals surface area (Å²) in [5.41, 5.74) is 4.99. The summed E-state index contributed by atoms with van der Waals surface area (Å²) in [6.07, 6.45) is 2.83. The summed E-state index contributed by atoms with van der Waals surface area (Å²) in [5, 5.41) is 10.2. The highest BCUT2D eigenvalue weighted by molar-refractivity contribution is 7.17. The van der Waals surface area contributed by atoms with E-state index in [0.29, 0.717) is 25.5 Å². The van der Waals surface area contributed by atoms with Gasteiger partial charge in [-0.2, -0.15) is 0 Å². The van der Waals surface area contributed by atoms with Crippen LogP contribution < -0.4 is 20.8 Å². The number of nitrogens with one attached hydrogen (secondary N) is 3. The van der Waals surface area contributed by atoms with E-state index in [0.717, 1.165) is 26.8 Å². The van der Waals surface area contributed by atoms with Gasteiger partial charge in [0.05, 0.1) is 12.6 Å². The zero-order valence-corrected chi connectivity index (χ0v) is 32.0. The van der Waals surface area contributed by atoms with Gasteiger partial charge in [0.25, 0.3) is 0 Å². The summed E-state index contributed by atoms with van der Waals surface area (Å²) >= 11 is 1.62. The molecule has 52 heavy (non-hydrogen) atoms. The number of pyridine rings is 1. The third-order valence-electron chi connectivity index (χ3n) is 8.03. The first-order valence-corrected chi connectivity index (χ1v) is 18.5. The third kappa shape index (κ3) is 12.3. The lowest BCUT2D eigenvalue weighted by Crippen LogP contribution is -2.56. The quantitative estimate of drug-likeness (QED) is 0.0882. The lowest BCUT2D eigenvalue weighted by molar-refractivity contribution is -0.179. The second kappa shape index (κ2) is 19.3. The number of nitrogens with zero attached hydrogens (tertiary/aromatic N) is 3. The van der Waals surface area contributed by atoms with Crippen molar-refractivity contribution in [3.8, 4) is 5.75 Å². The predicted octanol–water partition coefficient (Wildman–Crippen LogP) is 5.66. The number of hydrogen-bond donors (Lipinski definition) is 3. The molecule has 0 bridgehead atoms. The Bertz CT molecular complexity index is 1720. The Balaban J connectivity index is 1.58. The van der Waals surface area contributed by atoms with Crippen LogP contribution in [0.5, 0.6) is 5.75 Å². The largest absolute Gasteiger partial charge is 0.488 e. The van der Waals surface area contributed by atoms with Crippen molar-refractivity contribution >= 4 is 39.3 Å². The van der Waals surface area contributed by atoms with E-state index in [-0.39, 0.29) is 31.0 Å². The van der Waals surface area contributed by atoms with Gasteiger partial charge in [-0.3, -0.25) is 20.0 Å². The fourth-order valence-corrected chi connectivity index (χ4v) is 6.59. The molecule has 0 aliphatic carbocycles. The van der Waals surface area contributed by atoms with Gasteiger partial charge in [-0.1, -0.05) is 30.3 Å². The van der Waals surface area contributed by atoms with E-state index in [1.165, 1.54) is 5.01 Å². The number of urea groups is 1. The summed E-state index contributed by atoms with van der Waals surface area (Å²) in [6, 6.07) is 17.3. The summed E-state index contributed by atoms with van der Waals surface area (Å²) in [7, 11) is 1.58. The van der Waals surface area contributed by atoms with Crippen molar-refractivity contribution in [2.75, 3.05) is 26.8 Å².